The molecule has 1 spiro atoms. The highest BCUT2D eigenvalue weighted by Gasteiger charge is 2.50. The van der Waals surface area contributed by atoms with Crippen LogP contribution >= 0.6 is 11.6 Å². The second-order valence-electron chi connectivity index (χ2n) is 12.7. The van der Waals surface area contributed by atoms with E-state index < -0.39 is 19.7 Å². The summed E-state index contributed by atoms with van der Waals surface area (Å²) in [6, 6.07) is 7.94. The average Bonchev–Trinajstić information content (AvgIpc) is 3.72. The van der Waals surface area contributed by atoms with Crippen molar-refractivity contribution in [3.8, 4) is 22.8 Å². The van der Waals surface area contributed by atoms with Gasteiger partial charge in [0.1, 0.15) is 34.4 Å². The number of rotatable bonds is 9. The Balaban J connectivity index is 1.13. The van der Waals surface area contributed by atoms with Gasteiger partial charge < -0.3 is 23.5 Å². The first kappa shape index (κ1) is 29.3. The zero-order valence-electron chi connectivity index (χ0n) is 25.1. The molecule has 0 unspecified atom stereocenters. The van der Waals surface area contributed by atoms with E-state index in [0.29, 0.717) is 53.4 Å². The van der Waals surface area contributed by atoms with Gasteiger partial charge in [-0.1, -0.05) is 31.2 Å². The number of ether oxygens (including phenoxy) is 4. The van der Waals surface area contributed by atoms with Crippen molar-refractivity contribution < 1.29 is 23.3 Å². The highest BCUT2D eigenvalue weighted by atomic mass is 35.5. The second kappa shape index (κ2) is 11.2. The molecule has 0 amide bonds. The summed E-state index contributed by atoms with van der Waals surface area (Å²) < 4.78 is 43.1. The average molecular weight is 637 g/mol. The molecule has 1 saturated heterocycles. The molecule has 0 bridgehead atoms. The molecular weight excluding hydrogens is 603 g/mol. The number of hydrogen-bond acceptors (Lipinski definition) is 8. The summed E-state index contributed by atoms with van der Waals surface area (Å²) in [5, 5.41) is 4.78. The number of nitrogens with zero attached hydrogens (tertiary/aromatic N) is 6. The van der Waals surface area contributed by atoms with Crippen molar-refractivity contribution in [2.45, 2.75) is 64.0 Å². The molecule has 2 fully saturated rings. The standard InChI is InChI=1S/C31H34ClFN6O4Si/c1-19-36-23-6-8-26(28(33)30(23)38(19)18-40-11-12-44(2,3)4)43-25-7-5-22-29(27(25)32)37-24(16-34-22)20-15-35-39(17-20)21-13-31(14-21)41-9-10-42-31/h5-8,15-17,21H,9-14,18H2,1-4H3. The molecule has 2 aliphatic rings. The molecule has 0 atom stereocenters. The fraction of sp³-hybridized carbons (Fsp3) is 0.419. The van der Waals surface area contributed by atoms with Crippen LogP contribution in [0, 0.1) is 12.7 Å². The van der Waals surface area contributed by atoms with Gasteiger partial charge in [0.2, 0.25) is 0 Å². The molecule has 1 aliphatic heterocycles. The maximum absolute atomic E-state index is 15.9. The van der Waals surface area contributed by atoms with Crippen LogP contribution in [0.5, 0.6) is 11.5 Å². The summed E-state index contributed by atoms with van der Waals surface area (Å²) in [6.45, 7) is 10.8. The van der Waals surface area contributed by atoms with Crippen LogP contribution in [0.2, 0.25) is 30.7 Å². The topological polar surface area (TPSA) is 98.3 Å². The van der Waals surface area contributed by atoms with Gasteiger partial charge in [-0.3, -0.25) is 9.67 Å². The highest BCUT2D eigenvalue weighted by molar-refractivity contribution is 6.76. The summed E-state index contributed by atoms with van der Waals surface area (Å²) in [6.07, 6.45) is 6.92. The van der Waals surface area contributed by atoms with Crippen LogP contribution in [-0.2, 0) is 20.9 Å². The van der Waals surface area contributed by atoms with Gasteiger partial charge >= 0.3 is 0 Å². The third-order valence-electron chi connectivity index (χ3n) is 8.23. The van der Waals surface area contributed by atoms with Crippen molar-refractivity contribution >= 4 is 41.7 Å². The van der Waals surface area contributed by atoms with E-state index in [1.807, 2.05) is 17.8 Å². The van der Waals surface area contributed by atoms with Gasteiger partial charge in [-0.25, -0.2) is 14.4 Å². The van der Waals surface area contributed by atoms with E-state index >= 15 is 4.39 Å². The minimum Gasteiger partial charge on any atom is -0.453 e. The molecule has 10 nitrogen and oxygen atoms in total. The number of aromatic nitrogens is 6. The van der Waals surface area contributed by atoms with Gasteiger partial charge in [-0.2, -0.15) is 5.10 Å². The van der Waals surface area contributed by atoms with E-state index in [0.717, 1.165) is 24.4 Å². The number of aryl methyl sites for hydroxylation is 1. The van der Waals surface area contributed by atoms with Crippen molar-refractivity contribution in [1.82, 2.24) is 29.3 Å². The zero-order chi connectivity index (χ0) is 30.6. The van der Waals surface area contributed by atoms with E-state index in [1.54, 1.807) is 41.2 Å². The van der Waals surface area contributed by atoms with Crippen molar-refractivity contribution in [2.75, 3.05) is 19.8 Å². The zero-order valence-corrected chi connectivity index (χ0v) is 26.9. The van der Waals surface area contributed by atoms with Crippen LogP contribution < -0.4 is 4.74 Å². The SMILES string of the molecule is Cc1nc2ccc(Oc3ccc4ncc(-c5cnn(C6CC7(C6)OCCO7)c5)nc4c3Cl)c(F)c2n1COCC[Si](C)(C)C. The Morgan fingerprint density at radius 1 is 1.05 bits per heavy atom. The molecule has 2 aromatic carbocycles. The van der Waals surface area contributed by atoms with Crippen molar-refractivity contribution in [1.29, 1.82) is 0 Å². The minimum absolute atomic E-state index is 0.0286. The Morgan fingerprint density at radius 2 is 1.80 bits per heavy atom. The molecule has 44 heavy (non-hydrogen) atoms. The molecule has 4 heterocycles. The lowest BCUT2D eigenvalue weighted by Gasteiger charge is -2.42. The Morgan fingerprint density at radius 3 is 2.57 bits per heavy atom. The van der Waals surface area contributed by atoms with Gasteiger partial charge in [0.25, 0.3) is 0 Å². The molecule has 13 heteroatoms. The van der Waals surface area contributed by atoms with E-state index in [-0.39, 0.29) is 29.3 Å². The lowest BCUT2D eigenvalue weighted by atomic mass is 9.85. The smallest absolute Gasteiger partial charge is 0.191 e. The van der Waals surface area contributed by atoms with Crippen LogP contribution in [0.3, 0.4) is 0 Å². The minimum atomic E-state index is -1.24. The van der Waals surface area contributed by atoms with Crippen LogP contribution in [-0.4, -0.2) is 63.0 Å². The summed E-state index contributed by atoms with van der Waals surface area (Å²) in [4.78, 5) is 13.9. The molecule has 1 aliphatic carbocycles. The van der Waals surface area contributed by atoms with E-state index in [2.05, 4.69) is 34.7 Å². The van der Waals surface area contributed by atoms with E-state index in [9.17, 15) is 0 Å². The van der Waals surface area contributed by atoms with E-state index in [1.165, 1.54) is 0 Å². The monoisotopic (exact) mass is 636 g/mol. The molecule has 0 radical (unpaired) electrons. The lowest BCUT2D eigenvalue weighted by Crippen LogP contribution is -2.45. The number of halogens is 2. The van der Waals surface area contributed by atoms with Crippen molar-refractivity contribution in [3.63, 3.8) is 0 Å². The normalized spacial score (nSPS) is 16.8. The molecular formula is C31H34ClFN6O4Si. The first-order chi connectivity index (χ1) is 21.1. The Labute approximate surface area is 260 Å². The van der Waals surface area contributed by atoms with Crippen LogP contribution in [0.4, 0.5) is 4.39 Å². The molecule has 230 valence electrons. The number of hydrogen-bond donors (Lipinski definition) is 0. The third kappa shape index (κ3) is 5.49. The maximum Gasteiger partial charge on any atom is 0.191 e. The highest BCUT2D eigenvalue weighted by Crippen LogP contribution is 2.47. The Hall–Kier alpha value is -3.42. The van der Waals surface area contributed by atoms with Gasteiger partial charge in [-0.15, -0.1) is 0 Å². The van der Waals surface area contributed by atoms with E-state index in [4.69, 9.17) is 35.5 Å². The number of imidazole rings is 1. The Bertz CT molecular complexity index is 1860. The van der Waals surface area contributed by atoms with Crippen LogP contribution in [0.15, 0.2) is 42.9 Å². The summed E-state index contributed by atoms with van der Waals surface area (Å²) in [5.41, 5.74) is 3.32. The number of fused-ring (bicyclic) bond motifs is 2. The van der Waals surface area contributed by atoms with Crippen molar-refractivity contribution in [3.05, 3.63) is 59.5 Å². The van der Waals surface area contributed by atoms with Crippen molar-refractivity contribution in [2.24, 2.45) is 0 Å². The third-order valence-corrected chi connectivity index (χ3v) is 10.3. The molecule has 0 N–H and O–H groups in total. The molecule has 3 aromatic heterocycles. The Kier molecular flexibility index (Phi) is 7.45. The summed E-state index contributed by atoms with van der Waals surface area (Å²) in [7, 11) is -1.24. The quantitative estimate of drug-likeness (QED) is 0.125. The van der Waals surface area contributed by atoms with Crippen LogP contribution in [0.25, 0.3) is 33.3 Å². The fourth-order valence-corrected chi connectivity index (χ4v) is 6.66. The maximum atomic E-state index is 15.9. The molecule has 7 rings (SSSR count). The molecule has 5 aromatic rings. The summed E-state index contributed by atoms with van der Waals surface area (Å²) >= 11 is 6.80. The lowest BCUT2D eigenvalue weighted by molar-refractivity contribution is -0.227. The molecule has 1 saturated carbocycles. The first-order valence-electron chi connectivity index (χ1n) is 14.8. The van der Waals surface area contributed by atoms with Crippen LogP contribution in [0.1, 0.15) is 24.7 Å². The predicted molar refractivity (Wildman–Crippen MR) is 167 cm³/mol. The predicted octanol–water partition coefficient (Wildman–Crippen LogP) is 7.13. The van der Waals surface area contributed by atoms with Gasteiger partial charge in [-0.05, 0) is 37.2 Å². The van der Waals surface area contributed by atoms with Gasteiger partial charge in [0.05, 0.1) is 48.4 Å². The summed E-state index contributed by atoms with van der Waals surface area (Å²) in [5.74, 6) is -0.0269. The largest absolute Gasteiger partial charge is 0.453 e. The second-order valence-corrected chi connectivity index (χ2v) is 18.7. The first-order valence-corrected chi connectivity index (χ1v) is 18.9. The van der Waals surface area contributed by atoms with Gasteiger partial charge in [0.15, 0.2) is 17.4 Å². The fourth-order valence-electron chi connectivity index (χ4n) is 5.66. The number of benzene rings is 2. The van der Waals surface area contributed by atoms with Gasteiger partial charge in [0, 0.05) is 39.3 Å².